The van der Waals surface area contributed by atoms with E-state index in [4.69, 9.17) is 4.74 Å². The highest BCUT2D eigenvalue weighted by atomic mass is 32.2. The third-order valence-electron chi connectivity index (χ3n) is 2.95. The van der Waals surface area contributed by atoms with Gasteiger partial charge in [-0.05, 0) is 54.4 Å². The summed E-state index contributed by atoms with van der Waals surface area (Å²) >= 11 is -1.23. The Morgan fingerprint density at radius 2 is 1.81 bits per heavy atom. The van der Waals surface area contributed by atoms with Gasteiger partial charge >= 0.3 is 6.09 Å². The van der Waals surface area contributed by atoms with Gasteiger partial charge < -0.3 is 14.2 Å². The average Bonchev–Trinajstić information content (AvgIpc) is 2.51. The van der Waals surface area contributed by atoms with Crippen molar-refractivity contribution in [1.82, 2.24) is 4.90 Å². The van der Waals surface area contributed by atoms with Crippen LogP contribution < -0.4 is 0 Å². The number of amides is 1. The van der Waals surface area contributed by atoms with E-state index in [1.165, 1.54) is 0 Å². The Balaban J connectivity index is 2.62. The summed E-state index contributed by atoms with van der Waals surface area (Å²) in [5.74, 6) is 0. The number of carbonyl (C=O) groups excluding carboxylic acids is 1. The fraction of sp³-hybridized carbons (Fsp3) is 0.867. The SMILES string of the molecule is CC(C)(C)OC(=O)N1CCC/C(=N/[S+]([O-])C(C)(C)C)CC1. The maximum Gasteiger partial charge on any atom is 0.410 e. The molecule has 0 saturated carbocycles. The topological polar surface area (TPSA) is 65.0 Å². The lowest BCUT2D eigenvalue weighted by Crippen LogP contribution is -2.37. The molecule has 0 radical (unpaired) electrons. The summed E-state index contributed by atoms with van der Waals surface area (Å²) in [6, 6.07) is 0. The molecule has 0 N–H and O–H groups in total. The molecule has 1 unspecified atom stereocenters. The molecule has 1 amide bonds. The summed E-state index contributed by atoms with van der Waals surface area (Å²) in [5.41, 5.74) is 0.461. The zero-order chi connectivity index (χ0) is 16.3. The summed E-state index contributed by atoms with van der Waals surface area (Å²) in [4.78, 5) is 13.8. The summed E-state index contributed by atoms with van der Waals surface area (Å²) in [6.45, 7) is 12.6. The molecule has 1 aliphatic rings. The molecule has 21 heavy (non-hydrogen) atoms. The van der Waals surface area contributed by atoms with Crippen LogP contribution in [0.4, 0.5) is 4.79 Å². The first kappa shape index (κ1) is 18.3. The molecule has 0 aromatic carbocycles. The largest absolute Gasteiger partial charge is 0.591 e. The molecule has 1 heterocycles. The summed E-state index contributed by atoms with van der Waals surface area (Å²) in [6.07, 6.45) is 2.02. The Morgan fingerprint density at radius 1 is 1.19 bits per heavy atom. The molecule has 0 spiro atoms. The lowest BCUT2D eigenvalue weighted by Gasteiger charge is -2.26. The second kappa shape index (κ2) is 7.01. The fourth-order valence-corrected chi connectivity index (χ4v) is 2.52. The molecule has 0 bridgehead atoms. The first-order valence-electron chi connectivity index (χ1n) is 7.45. The van der Waals surface area contributed by atoms with Gasteiger partial charge in [0.15, 0.2) is 0 Å². The van der Waals surface area contributed by atoms with Crippen molar-refractivity contribution < 1.29 is 14.1 Å². The van der Waals surface area contributed by atoms with E-state index in [1.54, 1.807) is 4.90 Å². The standard InChI is InChI=1S/C15H28N2O3S/c1-14(2,3)20-13(18)17-10-7-8-12(9-11-17)16-21(19)15(4,5)6/h7-11H2,1-6H3/b16-12-. The van der Waals surface area contributed by atoms with E-state index in [-0.39, 0.29) is 10.8 Å². The Kier molecular flexibility index (Phi) is 6.11. The van der Waals surface area contributed by atoms with Crippen LogP contribution in [0.2, 0.25) is 0 Å². The second-order valence-electron chi connectivity index (χ2n) is 7.34. The minimum atomic E-state index is -1.23. The summed E-state index contributed by atoms with van der Waals surface area (Å²) in [5, 5.41) is 0. The van der Waals surface area contributed by atoms with Crippen molar-refractivity contribution in [2.24, 2.45) is 4.40 Å². The number of rotatable bonds is 1. The maximum absolute atomic E-state index is 12.1. The van der Waals surface area contributed by atoms with Gasteiger partial charge in [0, 0.05) is 19.5 Å². The minimum Gasteiger partial charge on any atom is -0.591 e. The number of likely N-dealkylation sites (tertiary alicyclic amines) is 1. The van der Waals surface area contributed by atoms with Gasteiger partial charge in [-0.3, -0.25) is 0 Å². The molecular formula is C15H28N2O3S. The smallest absolute Gasteiger partial charge is 0.410 e. The van der Waals surface area contributed by atoms with Crippen LogP contribution in [0.3, 0.4) is 0 Å². The van der Waals surface area contributed by atoms with Crippen LogP contribution in [-0.4, -0.2) is 44.7 Å². The lowest BCUT2D eigenvalue weighted by atomic mass is 10.2. The molecule has 1 aliphatic heterocycles. The van der Waals surface area contributed by atoms with Crippen LogP contribution in [0.25, 0.3) is 0 Å². The van der Waals surface area contributed by atoms with Crippen molar-refractivity contribution in [3.63, 3.8) is 0 Å². The van der Waals surface area contributed by atoms with Crippen LogP contribution >= 0.6 is 0 Å². The molecule has 0 aromatic heterocycles. The Bertz CT molecular complexity index is 397. The van der Waals surface area contributed by atoms with Crippen molar-refractivity contribution in [3.05, 3.63) is 0 Å². The van der Waals surface area contributed by atoms with Gasteiger partial charge in [0.05, 0.1) is 5.71 Å². The maximum atomic E-state index is 12.1. The predicted octanol–water partition coefficient (Wildman–Crippen LogP) is 3.31. The van der Waals surface area contributed by atoms with E-state index in [9.17, 15) is 9.35 Å². The number of ether oxygens (including phenoxy) is 1. The summed E-state index contributed by atoms with van der Waals surface area (Å²) < 4.78 is 21.5. The van der Waals surface area contributed by atoms with Crippen LogP contribution in [-0.2, 0) is 16.1 Å². The first-order valence-corrected chi connectivity index (χ1v) is 8.56. The van der Waals surface area contributed by atoms with Crippen molar-refractivity contribution in [3.8, 4) is 0 Å². The van der Waals surface area contributed by atoms with Crippen molar-refractivity contribution >= 4 is 23.2 Å². The lowest BCUT2D eigenvalue weighted by molar-refractivity contribution is 0.0259. The Labute approximate surface area is 131 Å². The van der Waals surface area contributed by atoms with E-state index in [1.807, 2.05) is 41.5 Å². The van der Waals surface area contributed by atoms with Gasteiger partial charge in [-0.25, -0.2) is 4.79 Å². The Morgan fingerprint density at radius 3 is 2.33 bits per heavy atom. The van der Waals surface area contributed by atoms with Crippen LogP contribution in [0.15, 0.2) is 4.40 Å². The van der Waals surface area contributed by atoms with Crippen molar-refractivity contribution in [2.75, 3.05) is 13.1 Å². The normalized spacial score (nSPS) is 21.1. The van der Waals surface area contributed by atoms with Gasteiger partial charge in [0.1, 0.15) is 21.7 Å². The molecule has 122 valence electrons. The second-order valence-corrected chi connectivity index (χ2v) is 9.25. The zero-order valence-electron chi connectivity index (χ0n) is 14.1. The van der Waals surface area contributed by atoms with Gasteiger partial charge in [-0.2, -0.15) is 0 Å². The van der Waals surface area contributed by atoms with Crippen LogP contribution in [0, 0.1) is 0 Å². The van der Waals surface area contributed by atoms with E-state index >= 15 is 0 Å². The Hall–Kier alpha value is -0.750. The first-order chi connectivity index (χ1) is 9.49. The number of hydrogen-bond acceptors (Lipinski definition) is 4. The number of nitrogens with zero attached hydrogens (tertiary/aromatic N) is 2. The van der Waals surface area contributed by atoms with Crippen molar-refractivity contribution in [2.45, 2.75) is 71.2 Å². The zero-order valence-corrected chi connectivity index (χ0v) is 14.9. The highest BCUT2D eigenvalue weighted by molar-refractivity contribution is 7.91. The third-order valence-corrected chi connectivity index (χ3v) is 4.42. The van der Waals surface area contributed by atoms with E-state index in [0.29, 0.717) is 19.5 Å². The average molecular weight is 316 g/mol. The van der Waals surface area contributed by atoms with E-state index in [2.05, 4.69) is 4.40 Å². The molecule has 1 rings (SSSR count). The third kappa shape index (κ3) is 6.70. The summed E-state index contributed by atoms with van der Waals surface area (Å²) in [7, 11) is 0. The van der Waals surface area contributed by atoms with Crippen molar-refractivity contribution in [1.29, 1.82) is 0 Å². The fourth-order valence-electron chi connectivity index (χ4n) is 1.83. The monoisotopic (exact) mass is 316 g/mol. The van der Waals surface area contributed by atoms with Crippen LogP contribution in [0.5, 0.6) is 0 Å². The number of hydrogen-bond donors (Lipinski definition) is 0. The van der Waals surface area contributed by atoms with Gasteiger partial charge in [0.2, 0.25) is 0 Å². The molecule has 1 fully saturated rings. The van der Waals surface area contributed by atoms with Gasteiger partial charge in [-0.1, -0.05) is 4.40 Å². The quantitative estimate of drug-likeness (QED) is 0.697. The molecule has 1 atom stereocenters. The predicted molar refractivity (Wildman–Crippen MR) is 87.0 cm³/mol. The number of carbonyl (C=O) groups is 1. The van der Waals surface area contributed by atoms with E-state index < -0.39 is 17.0 Å². The molecular weight excluding hydrogens is 288 g/mol. The molecule has 0 aliphatic carbocycles. The van der Waals surface area contributed by atoms with Gasteiger partial charge in [-0.15, -0.1) is 0 Å². The molecule has 5 nitrogen and oxygen atoms in total. The molecule has 0 aromatic rings. The van der Waals surface area contributed by atoms with Gasteiger partial charge in [0.25, 0.3) is 0 Å². The molecule has 6 heteroatoms. The molecule has 1 saturated heterocycles. The highest BCUT2D eigenvalue weighted by Gasteiger charge is 2.29. The minimum absolute atomic E-state index is 0.277. The van der Waals surface area contributed by atoms with Crippen LogP contribution in [0.1, 0.15) is 60.8 Å². The highest BCUT2D eigenvalue weighted by Crippen LogP contribution is 2.20. The van der Waals surface area contributed by atoms with E-state index in [0.717, 1.165) is 18.6 Å².